The van der Waals surface area contributed by atoms with E-state index in [0.717, 1.165) is 12.6 Å². The van der Waals surface area contributed by atoms with E-state index in [1.807, 2.05) is 6.92 Å². The molecule has 0 atom stereocenters. The molecule has 24 nitrogen and oxygen atoms in total. The Bertz CT molecular complexity index is 5530. The van der Waals surface area contributed by atoms with Crippen LogP contribution in [0.25, 0.3) is 83.0 Å². The molecule has 6 N–H and O–H groups in total. The molecule has 0 aliphatic carbocycles. The number of ether oxygens (including phenoxy) is 1. The number of rotatable bonds is 7. The maximum atomic E-state index is 15.9. The van der Waals surface area contributed by atoms with Crippen molar-refractivity contribution in [2.24, 2.45) is 0 Å². The van der Waals surface area contributed by atoms with Crippen LogP contribution in [0.3, 0.4) is 0 Å². The molecule has 3 aliphatic rings. The zero-order chi connectivity index (χ0) is 75.8. The molecule has 0 saturated carbocycles. The molecule has 15 rings (SSSR count). The minimum Gasteiger partial charge on any atom is -0.483 e. The summed E-state index contributed by atoms with van der Waals surface area (Å²) < 4.78 is 145. The third kappa shape index (κ3) is 15.8. The first-order valence-corrected chi connectivity index (χ1v) is 33.1. The monoisotopic (exact) mass is 1460 g/mol. The lowest BCUT2D eigenvalue weighted by Crippen LogP contribution is -2.46. The minimum atomic E-state index is -2.05. The number of carbonyl (C=O) groups excluding carboxylic acids is 1. The quantitative estimate of drug-likeness (QED) is 0.0638. The first kappa shape index (κ1) is 74.8. The number of aromatic amines is 3. The number of carbonyl (C=O) groups is 3. The third-order valence-electron chi connectivity index (χ3n) is 18.1. The Morgan fingerprint density at radius 1 is 0.476 bits per heavy atom. The number of alkyl halides is 3. The molecule has 1 amide bonds. The molecule has 3 fully saturated rings. The van der Waals surface area contributed by atoms with Gasteiger partial charge in [0.1, 0.15) is 57.1 Å². The Kier molecular flexibility index (Phi) is 21.2. The van der Waals surface area contributed by atoms with Crippen LogP contribution in [0.1, 0.15) is 101 Å². The number of fused-ring (bicyclic) bond motifs is 6. The summed E-state index contributed by atoms with van der Waals surface area (Å²) >= 11 is 0. The Hall–Kier alpha value is -11.4. The molecular formula is C72H70F9N15O9. The molecule has 0 radical (unpaired) electrons. The predicted octanol–water partition coefficient (Wildman–Crippen LogP) is 11.9. The van der Waals surface area contributed by atoms with Crippen molar-refractivity contribution >= 4 is 68.7 Å². The number of pyridine rings is 3. The summed E-state index contributed by atoms with van der Waals surface area (Å²) in [6.07, 6.45) is 9.59. The van der Waals surface area contributed by atoms with Gasteiger partial charge in [-0.2, -0.15) is 0 Å². The predicted molar refractivity (Wildman–Crippen MR) is 370 cm³/mol. The number of carboxylic acid groups (broad SMARTS) is 2. The van der Waals surface area contributed by atoms with E-state index in [1.54, 1.807) is 78.7 Å². The number of likely N-dealkylation sites (tertiary alicyclic amines) is 2. The van der Waals surface area contributed by atoms with E-state index in [2.05, 4.69) is 55.1 Å². The normalized spacial score (nSPS) is 15.6. The maximum Gasteiger partial charge on any atom is 0.410 e. The van der Waals surface area contributed by atoms with Crippen molar-refractivity contribution in [3.05, 3.63) is 192 Å². The summed E-state index contributed by atoms with van der Waals surface area (Å²) in [6, 6.07) is 11.5. The second-order valence-electron chi connectivity index (χ2n) is 26.6. The average Bonchev–Trinajstić information content (AvgIpc) is 1.77. The Morgan fingerprint density at radius 2 is 0.771 bits per heavy atom. The number of aryl methyl sites for hydroxylation is 3. The van der Waals surface area contributed by atoms with Crippen molar-refractivity contribution in [2.45, 2.75) is 110 Å². The summed E-state index contributed by atoms with van der Waals surface area (Å²) in [4.78, 5) is 103. The zero-order valence-electron chi connectivity index (χ0n) is 57.6. The molecular weight excluding hydrogens is 1390 g/mol. The van der Waals surface area contributed by atoms with E-state index in [0.29, 0.717) is 71.1 Å². The van der Waals surface area contributed by atoms with Crippen molar-refractivity contribution in [1.29, 1.82) is 0 Å². The van der Waals surface area contributed by atoms with Crippen LogP contribution in [0.2, 0.25) is 0 Å². The smallest absolute Gasteiger partial charge is 0.410 e. The van der Waals surface area contributed by atoms with Crippen LogP contribution in [-0.2, 0) is 31.3 Å². The van der Waals surface area contributed by atoms with E-state index in [1.165, 1.54) is 66.6 Å². The molecule has 0 spiro atoms. The lowest BCUT2D eigenvalue weighted by Gasteiger charge is -2.36. The van der Waals surface area contributed by atoms with Crippen LogP contribution in [0.5, 0.6) is 0 Å². The Balaban J connectivity index is 0.000000152. The molecule has 3 aliphatic heterocycles. The van der Waals surface area contributed by atoms with E-state index in [-0.39, 0.29) is 137 Å². The molecule has 12 heterocycles. The molecule has 550 valence electrons. The molecule has 0 bridgehead atoms. The highest BCUT2D eigenvalue weighted by Gasteiger charge is 2.42. The van der Waals surface area contributed by atoms with Crippen molar-refractivity contribution in [3.63, 3.8) is 0 Å². The van der Waals surface area contributed by atoms with Crippen LogP contribution >= 0.6 is 0 Å². The van der Waals surface area contributed by atoms with Gasteiger partial charge >= 0.3 is 6.09 Å². The second kappa shape index (κ2) is 29.8. The highest BCUT2D eigenvalue weighted by molar-refractivity contribution is 5.87. The fraction of sp³-hybridized carbons (Fsp3) is 0.333. The fourth-order valence-electron chi connectivity index (χ4n) is 12.9. The van der Waals surface area contributed by atoms with Gasteiger partial charge in [-0.25, -0.2) is 74.2 Å². The van der Waals surface area contributed by atoms with Crippen molar-refractivity contribution in [1.82, 2.24) is 73.2 Å². The van der Waals surface area contributed by atoms with Crippen LogP contribution in [0, 0.1) is 55.7 Å². The molecule has 9 aromatic heterocycles. The lowest BCUT2D eigenvalue weighted by atomic mass is 9.92. The van der Waals surface area contributed by atoms with E-state index < -0.39 is 80.3 Å². The second-order valence-corrected chi connectivity index (χ2v) is 26.6. The number of H-pyrrole nitrogens is 3. The van der Waals surface area contributed by atoms with E-state index in [9.17, 15) is 36.7 Å². The third-order valence-corrected chi connectivity index (χ3v) is 18.1. The topological polar surface area (TPSA) is 309 Å². The molecule has 105 heavy (non-hydrogen) atoms. The van der Waals surface area contributed by atoms with Gasteiger partial charge in [-0.3, -0.25) is 24.0 Å². The standard InChI is InChI=1S/C26H26F3N5O3.C23H22F3N5O.C21H18F3N5O.2CH2O2/c1-14-12-34-13-16(11-19(28)21(34)30-14)15-9-17-20(18(27)10-15)31-23(32-22(17)35)26(29)5-7-33(8-6-26)24(36)37-25(2,3)4;1-3-30-6-4-23(26,5-7-30)22-28-19-16(21(32)29-22)8-14(9-17(19)24)15-10-18(25)20-27-13(2)11-31(20)12-15;1-11-9-29-10-13(8-16(23)18(29)26-11)12-6-14-17(15(22)7-12)27-20(28-19(14)30)21(24)2-4-25-5-3-21;2*2-1-3/h9-13H,5-8H2,1-4H3,(H,31,32,35);8-12H,3-7H2,1-2H3,(H,28,29,32);6-10,25H,2-5H2,1H3,(H,27,28,30);2*1H,(H,2,3). The molecule has 3 aromatic carbocycles. The largest absolute Gasteiger partial charge is 0.483 e. The SMILES string of the molecule is CCN1CCC(F)(c2nc3c(F)cc(-c4cc(F)c5nc(C)cn5c4)cc3c(=O)[nH]2)CC1.Cc1cn2cc(-c3cc(F)c4nc(C5(F)CCN(C(=O)OC(C)(C)C)CC5)[nH]c(=O)c4c3)cc(F)c2n1.Cc1cn2cc(-c3cc(F)c4nc(C5(F)CCNCC5)[nH]c(=O)c4c3)cc(F)c2n1.O=CO.O=CO. The number of nitrogens with one attached hydrogen (secondary N) is 4. The van der Waals surface area contributed by atoms with Crippen LogP contribution in [0.15, 0.2) is 106 Å². The summed E-state index contributed by atoms with van der Waals surface area (Å²) in [7, 11) is 0. The molecule has 33 heteroatoms. The van der Waals surface area contributed by atoms with Crippen LogP contribution in [0.4, 0.5) is 44.3 Å². The van der Waals surface area contributed by atoms with Gasteiger partial charge in [0.25, 0.3) is 29.6 Å². The summed E-state index contributed by atoms with van der Waals surface area (Å²) in [6.45, 7) is 14.8. The van der Waals surface area contributed by atoms with Gasteiger partial charge < -0.3 is 58.2 Å². The van der Waals surface area contributed by atoms with Gasteiger partial charge in [0.2, 0.25) is 0 Å². The number of benzene rings is 3. The maximum absolute atomic E-state index is 15.9. The zero-order valence-corrected chi connectivity index (χ0v) is 57.6. The van der Waals surface area contributed by atoms with Gasteiger partial charge in [0.15, 0.2) is 51.4 Å². The van der Waals surface area contributed by atoms with Crippen molar-refractivity contribution < 1.29 is 68.8 Å². The summed E-state index contributed by atoms with van der Waals surface area (Å²) in [5, 5.41) is 16.7. The van der Waals surface area contributed by atoms with Crippen molar-refractivity contribution in [2.75, 3.05) is 45.8 Å². The minimum absolute atomic E-state index is 0.0133. The van der Waals surface area contributed by atoms with Gasteiger partial charge in [0, 0.05) is 119 Å². The molecule has 12 aromatic rings. The highest BCUT2D eigenvalue weighted by Crippen LogP contribution is 2.39. The number of imidazole rings is 3. The van der Waals surface area contributed by atoms with Gasteiger partial charge in [-0.05, 0) is 132 Å². The number of halogens is 9. The van der Waals surface area contributed by atoms with Gasteiger partial charge in [0.05, 0.1) is 33.2 Å². The average molecular weight is 1460 g/mol. The number of nitrogens with zero attached hydrogens (tertiary/aromatic N) is 11. The van der Waals surface area contributed by atoms with Crippen molar-refractivity contribution in [3.8, 4) is 33.4 Å². The van der Waals surface area contributed by atoms with Crippen LogP contribution in [-0.4, -0.2) is 149 Å². The fourth-order valence-corrected chi connectivity index (χ4v) is 12.9. The summed E-state index contributed by atoms with van der Waals surface area (Å²) in [5.41, 5.74) is -4.66. The number of hydrogen-bond acceptors (Lipinski definition) is 15. The Labute approximate surface area is 589 Å². The lowest BCUT2D eigenvalue weighted by molar-refractivity contribution is -0.123. The first-order chi connectivity index (χ1) is 49.8. The Morgan fingerprint density at radius 3 is 1.08 bits per heavy atom. The molecule has 3 saturated heterocycles. The van der Waals surface area contributed by atoms with E-state index in [4.69, 9.17) is 24.5 Å². The summed E-state index contributed by atoms with van der Waals surface area (Å²) in [5.74, 6) is -4.67. The number of aromatic nitrogens is 12. The highest BCUT2D eigenvalue weighted by atomic mass is 19.2. The van der Waals surface area contributed by atoms with Gasteiger partial charge in [-0.1, -0.05) is 6.92 Å². The van der Waals surface area contributed by atoms with Gasteiger partial charge in [-0.15, -0.1) is 0 Å². The number of hydrogen-bond donors (Lipinski definition) is 6. The molecule has 0 unspecified atom stereocenters. The first-order valence-electron chi connectivity index (χ1n) is 33.1. The number of amides is 1. The van der Waals surface area contributed by atoms with Crippen LogP contribution < -0.4 is 22.0 Å². The van der Waals surface area contributed by atoms with E-state index >= 15 is 22.0 Å². The number of piperidine rings is 3.